The molecule has 0 radical (unpaired) electrons. The van der Waals surface area contributed by atoms with Crippen molar-refractivity contribution in [3.63, 3.8) is 0 Å². The fourth-order valence-corrected chi connectivity index (χ4v) is 1.83. The maximum atomic E-state index is 9.58. The van der Waals surface area contributed by atoms with Gasteiger partial charge in [-0.05, 0) is 0 Å². The predicted octanol–water partition coefficient (Wildman–Crippen LogP) is -1.73. The Kier molecular flexibility index (Phi) is 5.01. The minimum atomic E-state index is -1.03. The first kappa shape index (κ1) is 13.2. The molecule has 0 saturated carbocycles. The van der Waals surface area contributed by atoms with E-state index in [-0.39, 0.29) is 12.7 Å². The number of nitrogens with two attached hydrogens (primary N) is 1. The zero-order valence-corrected chi connectivity index (χ0v) is 9.34. The van der Waals surface area contributed by atoms with Crippen molar-refractivity contribution in [3.8, 4) is 0 Å². The molecule has 0 bridgehead atoms. The molecule has 1 fully saturated rings. The third kappa shape index (κ3) is 3.34. The lowest BCUT2D eigenvalue weighted by molar-refractivity contribution is -0.178. The monoisotopic (exact) mass is 232 g/mol. The number of aliphatic hydroxyl groups is 3. The summed E-state index contributed by atoms with van der Waals surface area (Å²) in [6.45, 7) is -0.315. The van der Waals surface area contributed by atoms with Crippen LogP contribution in [0.3, 0.4) is 0 Å². The van der Waals surface area contributed by atoms with Gasteiger partial charge in [0.15, 0.2) is 0 Å². The molecule has 1 aliphatic rings. The van der Waals surface area contributed by atoms with E-state index in [1.165, 1.54) is 0 Å². The molecule has 4 atom stereocenters. The molecular formula is C10H20N2O4. The average molecular weight is 232 g/mol. The van der Waals surface area contributed by atoms with Crippen LogP contribution in [0.1, 0.15) is 12.8 Å². The fourth-order valence-electron chi connectivity index (χ4n) is 1.83. The molecule has 1 rings (SSSR count). The summed E-state index contributed by atoms with van der Waals surface area (Å²) >= 11 is 0. The number of ether oxygens (including phenoxy) is 1. The van der Waals surface area contributed by atoms with Gasteiger partial charge in [-0.3, -0.25) is 0 Å². The zero-order valence-electron chi connectivity index (χ0n) is 9.34. The molecule has 6 nitrogen and oxygen atoms in total. The highest BCUT2D eigenvalue weighted by molar-refractivity contribution is 4.98. The Morgan fingerprint density at radius 3 is 2.81 bits per heavy atom. The van der Waals surface area contributed by atoms with E-state index in [1.54, 1.807) is 13.2 Å². The molecule has 0 aromatic carbocycles. The number of hydrogen-bond acceptors (Lipinski definition) is 6. The SMILES string of the molecule is CN/C=C(\N)CC1CC(O)C(O)C(CO)O1. The van der Waals surface area contributed by atoms with E-state index in [0.717, 1.165) is 0 Å². The minimum absolute atomic E-state index is 0.278. The van der Waals surface area contributed by atoms with Crippen LogP contribution < -0.4 is 11.1 Å². The highest BCUT2D eigenvalue weighted by Gasteiger charge is 2.36. The molecule has 6 N–H and O–H groups in total. The van der Waals surface area contributed by atoms with Gasteiger partial charge in [0.25, 0.3) is 0 Å². The molecule has 1 heterocycles. The topological polar surface area (TPSA) is 108 Å². The van der Waals surface area contributed by atoms with Crippen LogP contribution in [-0.4, -0.2) is 53.4 Å². The summed E-state index contributed by atoms with van der Waals surface area (Å²) in [7, 11) is 1.74. The number of hydrogen-bond donors (Lipinski definition) is 5. The van der Waals surface area contributed by atoms with Crippen molar-refractivity contribution in [3.05, 3.63) is 11.9 Å². The van der Waals surface area contributed by atoms with Crippen LogP contribution in [0, 0.1) is 0 Å². The van der Waals surface area contributed by atoms with Crippen molar-refractivity contribution in [2.24, 2.45) is 5.73 Å². The van der Waals surface area contributed by atoms with Gasteiger partial charge in [-0.2, -0.15) is 0 Å². The van der Waals surface area contributed by atoms with Crippen LogP contribution in [0.5, 0.6) is 0 Å². The smallest absolute Gasteiger partial charge is 0.109 e. The summed E-state index contributed by atoms with van der Waals surface area (Å²) < 4.78 is 5.43. The van der Waals surface area contributed by atoms with Crippen molar-refractivity contribution < 1.29 is 20.1 Å². The second-order valence-electron chi connectivity index (χ2n) is 3.98. The molecule has 0 amide bonds. The van der Waals surface area contributed by atoms with Gasteiger partial charge in [-0.1, -0.05) is 0 Å². The van der Waals surface area contributed by atoms with Crippen LogP contribution in [0.15, 0.2) is 11.9 Å². The average Bonchev–Trinajstić information content (AvgIpc) is 2.23. The van der Waals surface area contributed by atoms with Gasteiger partial charge in [0, 0.05) is 31.8 Å². The third-order valence-corrected chi connectivity index (χ3v) is 2.62. The van der Waals surface area contributed by atoms with Crippen LogP contribution in [0.4, 0.5) is 0 Å². The highest BCUT2D eigenvalue weighted by atomic mass is 16.5. The van der Waals surface area contributed by atoms with E-state index in [2.05, 4.69) is 5.32 Å². The van der Waals surface area contributed by atoms with Crippen molar-refractivity contribution >= 4 is 0 Å². The van der Waals surface area contributed by atoms with Crippen LogP contribution in [-0.2, 0) is 4.74 Å². The Morgan fingerprint density at radius 2 is 2.25 bits per heavy atom. The van der Waals surface area contributed by atoms with Crippen molar-refractivity contribution in [1.82, 2.24) is 5.32 Å². The van der Waals surface area contributed by atoms with E-state index in [0.29, 0.717) is 18.5 Å². The second-order valence-corrected chi connectivity index (χ2v) is 3.98. The van der Waals surface area contributed by atoms with E-state index in [4.69, 9.17) is 15.6 Å². The molecule has 0 spiro atoms. The van der Waals surface area contributed by atoms with Crippen molar-refractivity contribution in [1.29, 1.82) is 0 Å². The maximum Gasteiger partial charge on any atom is 0.109 e. The van der Waals surface area contributed by atoms with E-state index < -0.39 is 18.3 Å². The Bertz CT molecular complexity index is 247. The summed E-state index contributed by atoms with van der Waals surface area (Å²) in [6, 6.07) is 0. The molecule has 94 valence electrons. The highest BCUT2D eigenvalue weighted by Crippen LogP contribution is 2.23. The number of rotatable bonds is 4. The normalized spacial score (nSPS) is 36.1. The number of aliphatic hydroxyl groups excluding tert-OH is 3. The van der Waals surface area contributed by atoms with Gasteiger partial charge in [0.2, 0.25) is 0 Å². The minimum Gasteiger partial charge on any atom is -0.401 e. The van der Waals surface area contributed by atoms with Crippen molar-refractivity contribution in [2.75, 3.05) is 13.7 Å². The van der Waals surface area contributed by atoms with Crippen LogP contribution in [0.2, 0.25) is 0 Å². The first-order valence-electron chi connectivity index (χ1n) is 5.32. The summed E-state index contributed by atoms with van der Waals surface area (Å²) in [5.74, 6) is 0. The fraction of sp³-hybridized carbons (Fsp3) is 0.800. The molecule has 1 saturated heterocycles. The molecule has 0 aromatic heterocycles. The third-order valence-electron chi connectivity index (χ3n) is 2.62. The molecule has 16 heavy (non-hydrogen) atoms. The van der Waals surface area contributed by atoms with Gasteiger partial charge in [-0.25, -0.2) is 0 Å². The Labute approximate surface area is 94.7 Å². The number of nitrogens with one attached hydrogen (secondary N) is 1. The predicted molar refractivity (Wildman–Crippen MR) is 58.3 cm³/mol. The lowest BCUT2D eigenvalue weighted by atomic mass is 9.96. The molecule has 0 aliphatic carbocycles. The lowest BCUT2D eigenvalue weighted by Gasteiger charge is -2.36. The van der Waals surface area contributed by atoms with E-state index in [1.807, 2.05) is 0 Å². The molecule has 6 heteroatoms. The lowest BCUT2D eigenvalue weighted by Crippen LogP contribution is -2.50. The molecule has 0 aromatic rings. The first-order valence-corrected chi connectivity index (χ1v) is 5.32. The standard InChI is InChI=1S/C10H20N2O4/c1-12-4-6(11)2-7-3-8(14)10(15)9(5-13)16-7/h4,7-10,12-15H,2-3,5,11H2,1H3/b6-4-. The summed E-state index contributed by atoms with van der Waals surface area (Å²) in [5, 5.41) is 30.9. The Balaban J connectivity index is 2.53. The maximum absolute atomic E-state index is 9.58. The Morgan fingerprint density at radius 1 is 1.56 bits per heavy atom. The molecule has 4 unspecified atom stereocenters. The summed E-state index contributed by atoms with van der Waals surface area (Å²) in [5.41, 5.74) is 6.30. The van der Waals surface area contributed by atoms with Gasteiger partial charge in [-0.15, -0.1) is 0 Å². The molecule has 1 aliphatic heterocycles. The zero-order chi connectivity index (χ0) is 12.1. The van der Waals surface area contributed by atoms with Gasteiger partial charge in [0.1, 0.15) is 12.2 Å². The van der Waals surface area contributed by atoms with E-state index in [9.17, 15) is 10.2 Å². The van der Waals surface area contributed by atoms with Crippen LogP contribution in [0.25, 0.3) is 0 Å². The van der Waals surface area contributed by atoms with E-state index >= 15 is 0 Å². The molecular weight excluding hydrogens is 212 g/mol. The second kappa shape index (κ2) is 6.05. The Hall–Kier alpha value is -0.820. The summed E-state index contributed by atoms with van der Waals surface area (Å²) in [6.07, 6.45) is -0.503. The van der Waals surface area contributed by atoms with Gasteiger partial charge >= 0.3 is 0 Å². The van der Waals surface area contributed by atoms with Crippen molar-refractivity contribution in [2.45, 2.75) is 37.3 Å². The van der Waals surface area contributed by atoms with Gasteiger partial charge in [0.05, 0.1) is 18.8 Å². The summed E-state index contributed by atoms with van der Waals surface area (Å²) in [4.78, 5) is 0. The quantitative estimate of drug-likeness (QED) is 0.394. The first-order chi connectivity index (χ1) is 7.58. The largest absolute Gasteiger partial charge is 0.401 e. The van der Waals surface area contributed by atoms with Crippen LogP contribution >= 0.6 is 0 Å². The van der Waals surface area contributed by atoms with Gasteiger partial charge < -0.3 is 31.1 Å².